The molecule has 0 aromatic heterocycles. The number of benzene rings is 6. The average Bonchev–Trinajstić information content (AvgIpc) is 3.29. The fourth-order valence-corrected chi connectivity index (χ4v) is 11.5. The number of para-hydroxylation sites is 2. The maximum absolute atomic E-state index is 12.4. The molecule has 4 heteroatoms. The van der Waals surface area contributed by atoms with E-state index in [-0.39, 0.29) is 12.2 Å². The van der Waals surface area contributed by atoms with Crippen LogP contribution in [0.4, 0.5) is 0 Å². The Balaban J connectivity index is 0.964. The number of aromatic hydroxyl groups is 2. The number of phenols is 2. The Morgan fingerprint density at radius 2 is 0.694 bits per heavy atom. The van der Waals surface area contributed by atoms with Crippen LogP contribution in [-0.4, -0.2) is 22.4 Å². The van der Waals surface area contributed by atoms with Gasteiger partial charge in [-0.15, -0.1) is 0 Å². The number of rotatable bonds is 9. The summed E-state index contributed by atoms with van der Waals surface area (Å²) >= 11 is 0. The highest BCUT2D eigenvalue weighted by molar-refractivity contribution is 5.90. The van der Waals surface area contributed by atoms with E-state index in [2.05, 4.69) is 76.2 Å². The number of hydrogen-bond acceptors (Lipinski definition) is 4. The Kier molecular flexibility index (Phi) is 11.1. The molecule has 4 aliphatic rings. The Labute approximate surface area is 369 Å². The zero-order valence-electron chi connectivity index (χ0n) is 37.3. The van der Waals surface area contributed by atoms with Crippen LogP contribution in [0.15, 0.2) is 84.9 Å². The molecule has 10 rings (SSSR count). The number of hydrogen-bond donors (Lipinski definition) is 2. The van der Waals surface area contributed by atoms with Crippen molar-refractivity contribution in [3.05, 3.63) is 141 Å². The smallest absolute Gasteiger partial charge is 0.132 e. The van der Waals surface area contributed by atoms with E-state index in [4.69, 9.17) is 9.47 Å². The van der Waals surface area contributed by atoms with Gasteiger partial charge in [0, 0.05) is 33.4 Å². The van der Waals surface area contributed by atoms with E-state index in [1.54, 1.807) is 0 Å². The molecule has 6 aromatic rings. The third-order valence-corrected chi connectivity index (χ3v) is 14.6. The maximum Gasteiger partial charge on any atom is 0.132 e. The summed E-state index contributed by atoms with van der Waals surface area (Å²) in [6.45, 7) is 8.39. The average molecular weight is 823 g/mol. The van der Waals surface area contributed by atoms with Gasteiger partial charge in [-0.25, -0.2) is 0 Å². The van der Waals surface area contributed by atoms with Gasteiger partial charge in [-0.05, 0) is 234 Å². The summed E-state index contributed by atoms with van der Waals surface area (Å²) in [7, 11) is 0. The lowest BCUT2D eigenvalue weighted by molar-refractivity contribution is 0.0787. The molecule has 2 unspecified atom stereocenters. The molecule has 0 amide bonds. The number of aryl methyl sites for hydroxylation is 6. The van der Waals surface area contributed by atoms with Crippen molar-refractivity contribution in [2.45, 2.75) is 143 Å². The lowest BCUT2D eigenvalue weighted by atomic mass is 9.76. The van der Waals surface area contributed by atoms with Crippen molar-refractivity contribution in [3.63, 3.8) is 0 Å². The van der Waals surface area contributed by atoms with Crippen molar-refractivity contribution in [2.24, 2.45) is 0 Å². The minimum absolute atomic E-state index is 0.332. The second-order valence-corrected chi connectivity index (χ2v) is 18.9. The molecule has 0 saturated heterocycles. The van der Waals surface area contributed by atoms with E-state index in [1.807, 2.05) is 36.4 Å². The fraction of sp³-hybridized carbons (Fsp3) is 0.379. The number of ether oxygens (including phenoxy) is 2. The molecule has 6 aromatic carbocycles. The SMILES string of the molecule is Cc1cc(-c2ccccc2OC(C)C(C)Oc2ccccc2-c2cc(C)cc(-c3c4c(cc5c3CCCC5)CCCC4)c2O)c(O)c(-c2c3c(cc4c2CCCC4)CCCC3)c1. The van der Waals surface area contributed by atoms with E-state index in [1.165, 1.54) is 107 Å². The molecule has 0 fully saturated rings. The molecule has 2 atom stereocenters. The number of fused-ring (bicyclic) bond motifs is 4. The van der Waals surface area contributed by atoms with Gasteiger partial charge in [0.15, 0.2) is 0 Å². The molecular weight excluding hydrogens is 761 g/mol. The highest BCUT2D eigenvalue weighted by Gasteiger charge is 2.29. The van der Waals surface area contributed by atoms with E-state index in [9.17, 15) is 10.2 Å². The summed E-state index contributed by atoms with van der Waals surface area (Å²) in [5.41, 5.74) is 21.8. The molecule has 2 N–H and O–H groups in total. The third-order valence-electron chi connectivity index (χ3n) is 14.6. The fourth-order valence-electron chi connectivity index (χ4n) is 11.5. The van der Waals surface area contributed by atoms with E-state index >= 15 is 0 Å². The standard InChI is InChI=1S/C58H62O4/c1-35-29-49(57(59)51(31-35)55-43-21-9-5-17-39(43)33-40-18-6-10-22-44(40)55)47-25-13-15-27-53(47)61-37(3)38(4)62-54-28-16-14-26-48(54)50-30-36(2)32-52(58(50)60)56-45-23-11-7-19-41(45)34-42-20-8-12-24-46(42)56/h13-16,25-34,37-38,59-60H,5-12,17-24H2,1-4H3. The first kappa shape index (κ1) is 40.6. The van der Waals surface area contributed by atoms with Gasteiger partial charge in [-0.2, -0.15) is 0 Å². The predicted molar refractivity (Wildman–Crippen MR) is 254 cm³/mol. The van der Waals surface area contributed by atoms with Crippen LogP contribution in [0, 0.1) is 13.8 Å². The minimum atomic E-state index is -0.340. The third kappa shape index (κ3) is 7.48. The molecule has 318 valence electrons. The van der Waals surface area contributed by atoms with Crippen LogP contribution in [0.25, 0.3) is 44.5 Å². The monoisotopic (exact) mass is 822 g/mol. The molecule has 4 nitrogen and oxygen atoms in total. The quantitative estimate of drug-likeness (QED) is 0.152. The van der Waals surface area contributed by atoms with Crippen LogP contribution < -0.4 is 9.47 Å². The van der Waals surface area contributed by atoms with Crippen molar-refractivity contribution >= 4 is 0 Å². The normalized spacial score (nSPS) is 16.6. The van der Waals surface area contributed by atoms with Crippen LogP contribution in [0.1, 0.15) is 121 Å². The van der Waals surface area contributed by atoms with E-state index < -0.39 is 0 Å². The second-order valence-electron chi connectivity index (χ2n) is 18.9. The molecule has 0 spiro atoms. The zero-order chi connectivity index (χ0) is 42.5. The summed E-state index contributed by atoms with van der Waals surface area (Å²) in [6, 6.07) is 29.8. The molecule has 0 radical (unpaired) electrons. The first-order valence-electron chi connectivity index (χ1n) is 23.8. The summed E-state index contributed by atoms with van der Waals surface area (Å²) < 4.78 is 13.7. The molecule has 4 aliphatic carbocycles. The van der Waals surface area contributed by atoms with Gasteiger partial charge in [-0.3, -0.25) is 0 Å². The van der Waals surface area contributed by atoms with Gasteiger partial charge >= 0.3 is 0 Å². The van der Waals surface area contributed by atoms with Crippen LogP contribution in [0.3, 0.4) is 0 Å². The number of phenolic OH excluding ortho intramolecular Hbond substituents is 2. The highest BCUT2D eigenvalue weighted by Crippen LogP contribution is 2.50. The van der Waals surface area contributed by atoms with Crippen molar-refractivity contribution in [3.8, 4) is 67.5 Å². The van der Waals surface area contributed by atoms with Gasteiger partial charge in [0.2, 0.25) is 0 Å². The van der Waals surface area contributed by atoms with Crippen molar-refractivity contribution in [1.82, 2.24) is 0 Å². The summed E-state index contributed by atoms with van der Waals surface area (Å²) in [5, 5.41) is 24.7. The van der Waals surface area contributed by atoms with Crippen LogP contribution in [0.2, 0.25) is 0 Å². The lowest BCUT2D eigenvalue weighted by Crippen LogP contribution is -2.31. The van der Waals surface area contributed by atoms with Crippen LogP contribution in [0.5, 0.6) is 23.0 Å². The molecular formula is C58H62O4. The maximum atomic E-state index is 12.4. The largest absolute Gasteiger partial charge is 0.507 e. The lowest BCUT2D eigenvalue weighted by Gasteiger charge is -2.29. The molecule has 0 saturated carbocycles. The van der Waals surface area contributed by atoms with Gasteiger partial charge in [-0.1, -0.05) is 48.5 Å². The topological polar surface area (TPSA) is 58.9 Å². The van der Waals surface area contributed by atoms with Gasteiger partial charge in [0.25, 0.3) is 0 Å². The second kappa shape index (κ2) is 17.0. The zero-order valence-corrected chi connectivity index (χ0v) is 37.3. The van der Waals surface area contributed by atoms with Crippen molar-refractivity contribution in [1.29, 1.82) is 0 Å². The Morgan fingerprint density at radius 1 is 0.387 bits per heavy atom. The highest BCUT2D eigenvalue weighted by atomic mass is 16.5. The van der Waals surface area contributed by atoms with Crippen LogP contribution >= 0.6 is 0 Å². The first-order chi connectivity index (χ1) is 30.2. The summed E-state index contributed by atoms with van der Waals surface area (Å²) in [4.78, 5) is 0. The first-order valence-corrected chi connectivity index (χ1v) is 23.8. The molecule has 0 heterocycles. The van der Waals surface area contributed by atoms with Crippen molar-refractivity contribution in [2.75, 3.05) is 0 Å². The van der Waals surface area contributed by atoms with Crippen LogP contribution in [-0.2, 0) is 51.4 Å². The van der Waals surface area contributed by atoms with E-state index in [0.717, 1.165) is 95.9 Å². The van der Waals surface area contributed by atoms with E-state index in [0.29, 0.717) is 23.0 Å². The van der Waals surface area contributed by atoms with Gasteiger partial charge in [0.05, 0.1) is 0 Å². The van der Waals surface area contributed by atoms with Gasteiger partial charge < -0.3 is 19.7 Å². The molecule has 0 bridgehead atoms. The van der Waals surface area contributed by atoms with Gasteiger partial charge in [0.1, 0.15) is 35.2 Å². The Bertz CT molecular complexity index is 2430. The summed E-state index contributed by atoms with van der Waals surface area (Å²) in [6.07, 6.45) is 17.8. The molecule has 62 heavy (non-hydrogen) atoms. The molecule has 0 aliphatic heterocycles. The van der Waals surface area contributed by atoms with Crippen molar-refractivity contribution < 1.29 is 19.7 Å². The Morgan fingerprint density at radius 3 is 1.05 bits per heavy atom. The Hall–Kier alpha value is -5.48. The summed E-state index contributed by atoms with van der Waals surface area (Å²) in [5.74, 6) is 2.09. The minimum Gasteiger partial charge on any atom is -0.507 e. The predicted octanol–water partition coefficient (Wildman–Crippen LogP) is 14.1.